The first-order valence-electron chi connectivity index (χ1n) is 8.76. The zero-order valence-corrected chi connectivity index (χ0v) is 18.2. The van der Waals surface area contributed by atoms with Crippen LogP contribution in [0, 0.1) is 12.8 Å². The van der Waals surface area contributed by atoms with Crippen LogP contribution in [-0.4, -0.2) is 53.2 Å². The van der Waals surface area contributed by atoms with Crippen molar-refractivity contribution in [1.82, 2.24) is 25.4 Å². The quantitative estimate of drug-likeness (QED) is 0.270. The number of aryl methyl sites for hydroxylation is 1. The summed E-state index contributed by atoms with van der Waals surface area (Å²) in [4.78, 5) is 4.46. The maximum Gasteiger partial charge on any atom is 0.391 e. The largest absolute Gasteiger partial charge is 0.391 e. The molecule has 1 aliphatic carbocycles. The highest BCUT2D eigenvalue weighted by atomic mass is 127. The topological polar surface area (TPSA) is 76.4 Å². The Kier molecular flexibility index (Phi) is 9.77. The molecule has 11 heteroatoms. The fourth-order valence-corrected chi connectivity index (χ4v) is 2.97. The van der Waals surface area contributed by atoms with E-state index in [1.807, 2.05) is 18.5 Å². The van der Waals surface area contributed by atoms with E-state index in [0.29, 0.717) is 37.8 Å². The number of guanidine groups is 1. The third kappa shape index (κ3) is 7.43. The van der Waals surface area contributed by atoms with Gasteiger partial charge in [0.15, 0.2) is 11.8 Å². The maximum absolute atomic E-state index is 13.0. The highest BCUT2D eigenvalue weighted by Crippen LogP contribution is 2.37. The van der Waals surface area contributed by atoms with Crippen LogP contribution < -0.4 is 10.6 Å². The molecule has 2 N–H and O–H groups in total. The summed E-state index contributed by atoms with van der Waals surface area (Å²) in [6.07, 6.45) is -2.63. The monoisotopic (exact) mass is 504 g/mol. The first-order valence-corrected chi connectivity index (χ1v) is 8.76. The lowest BCUT2D eigenvalue weighted by Gasteiger charge is -2.32. The first kappa shape index (κ1) is 23.9. The van der Waals surface area contributed by atoms with Crippen LogP contribution in [0.4, 0.5) is 13.2 Å². The van der Waals surface area contributed by atoms with E-state index in [-0.39, 0.29) is 49.4 Å². The highest BCUT2D eigenvalue weighted by Gasteiger charge is 2.42. The molecule has 27 heavy (non-hydrogen) atoms. The molecular formula is C16H28F3IN6O. The highest BCUT2D eigenvalue weighted by molar-refractivity contribution is 14.0. The van der Waals surface area contributed by atoms with Gasteiger partial charge in [-0.2, -0.15) is 13.2 Å². The van der Waals surface area contributed by atoms with Crippen LogP contribution in [0.25, 0.3) is 0 Å². The zero-order valence-electron chi connectivity index (χ0n) is 15.8. The van der Waals surface area contributed by atoms with E-state index in [9.17, 15) is 13.2 Å². The standard InChI is InChI=1S/C16H27F3N6O.HI/c1-11-23-24-14(25(11)2)10-21-15(20-7-8-26-3)22-13-6-4-5-12(9-13)16(17,18)19;/h12-13H,4-10H2,1-3H3,(H2,20,21,22);1H. The molecule has 0 aliphatic heterocycles. The van der Waals surface area contributed by atoms with Gasteiger partial charge in [0, 0.05) is 26.7 Å². The summed E-state index contributed by atoms with van der Waals surface area (Å²) in [6.45, 7) is 3.11. The van der Waals surface area contributed by atoms with Gasteiger partial charge in [0.25, 0.3) is 0 Å². The van der Waals surface area contributed by atoms with Crippen LogP contribution in [0.15, 0.2) is 4.99 Å². The van der Waals surface area contributed by atoms with E-state index in [1.165, 1.54) is 0 Å². The Morgan fingerprint density at radius 3 is 2.67 bits per heavy atom. The number of aliphatic imine (C=N–C) groups is 1. The van der Waals surface area contributed by atoms with Crippen LogP contribution in [0.3, 0.4) is 0 Å². The van der Waals surface area contributed by atoms with E-state index in [1.54, 1.807) is 7.11 Å². The summed E-state index contributed by atoms with van der Waals surface area (Å²) < 4.78 is 45.9. The molecule has 156 valence electrons. The maximum atomic E-state index is 13.0. The average Bonchev–Trinajstić information content (AvgIpc) is 2.91. The fourth-order valence-electron chi connectivity index (χ4n) is 2.97. The van der Waals surface area contributed by atoms with Gasteiger partial charge in [-0.3, -0.25) is 0 Å². The van der Waals surface area contributed by atoms with Crippen LogP contribution in [0.5, 0.6) is 0 Å². The molecule has 1 aromatic rings. The predicted octanol–water partition coefficient (Wildman–Crippen LogP) is 2.54. The lowest BCUT2D eigenvalue weighted by Crippen LogP contribution is -2.47. The van der Waals surface area contributed by atoms with Gasteiger partial charge in [-0.25, -0.2) is 4.99 Å². The third-order valence-electron chi connectivity index (χ3n) is 4.64. The molecule has 2 rings (SSSR count). The van der Waals surface area contributed by atoms with Crippen molar-refractivity contribution >= 4 is 29.9 Å². The number of alkyl halides is 3. The van der Waals surface area contributed by atoms with Crippen molar-refractivity contribution in [2.24, 2.45) is 18.0 Å². The number of halogens is 4. The van der Waals surface area contributed by atoms with Crippen LogP contribution in [-0.2, 0) is 18.3 Å². The van der Waals surface area contributed by atoms with Gasteiger partial charge in [0.1, 0.15) is 12.4 Å². The number of nitrogens with zero attached hydrogens (tertiary/aromatic N) is 4. The lowest BCUT2D eigenvalue weighted by atomic mass is 9.85. The van der Waals surface area contributed by atoms with Gasteiger partial charge in [-0.15, -0.1) is 34.2 Å². The van der Waals surface area contributed by atoms with Crippen molar-refractivity contribution in [3.63, 3.8) is 0 Å². The number of hydrogen-bond acceptors (Lipinski definition) is 4. The van der Waals surface area contributed by atoms with E-state index < -0.39 is 12.1 Å². The summed E-state index contributed by atoms with van der Waals surface area (Å²) in [5.41, 5.74) is 0. The molecular weight excluding hydrogens is 476 g/mol. The molecule has 1 aromatic heterocycles. The van der Waals surface area contributed by atoms with Gasteiger partial charge in [0.2, 0.25) is 0 Å². The Morgan fingerprint density at radius 1 is 1.33 bits per heavy atom. The van der Waals surface area contributed by atoms with Crippen LogP contribution >= 0.6 is 24.0 Å². The number of methoxy groups -OCH3 is 1. The predicted molar refractivity (Wildman–Crippen MR) is 107 cm³/mol. The Labute approximate surface area is 174 Å². The Balaban J connectivity index is 0.00000364. The number of rotatable bonds is 6. The van der Waals surface area contributed by atoms with Crippen LogP contribution in [0.2, 0.25) is 0 Å². The van der Waals surface area contributed by atoms with Crippen molar-refractivity contribution < 1.29 is 17.9 Å². The second kappa shape index (κ2) is 11.0. The summed E-state index contributed by atoms with van der Waals surface area (Å²) >= 11 is 0. The van der Waals surface area contributed by atoms with Crippen molar-refractivity contribution in [3.8, 4) is 0 Å². The molecule has 1 saturated carbocycles. The minimum atomic E-state index is -4.14. The Morgan fingerprint density at radius 2 is 2.07 bits per heavy atom. The third-order valence-corrected chi connectivity index (χ3v) is 4.64. The van der Waals surface area contributed by atoms with Gasteiger partial charge >= 0.3 is 6.18 Å². The van der Waals surface area contributed by atoms with Crippen molar-refractivity contribution in [2.75, 3.05) is 20.3 Å². The molecule has 2 atom stereocenters. The van der Waals surface area contributed by atoms with E-state index in [2.05, 4.69) is 25.8 Å². The molecule has 7 nitrogen and oxygen atoms in total. The number of nitrogens with one attached hydrogen (secondary N) is 2. The Hall–Kier alpha value is -1.11. The first-order chi connectivity index (χ1) is 12.3. The second-order valence-electron chi connectivity index (χ2n) is 6.55. The molecule has 0 saturated heterocycles. The van der Waals surface area contributed by atoms with E-state index in [0.717, 1.165) is 5.82 Å². The molecule has 0 radical (unpaired) electrons. The average molecular weight is 504 g/mol. The molecule has 0 aromatic carbocycles. The molecule has 1 aliphatic rings. The number of aromatic nitrogens is 3. The minimum absolute atomic E-state index is 0. The fraction of sp³-hybridized carbons (Fsp3) is 0.812. The molecule has 1 fully saturated rings. The van der Waals surface area contributed by atoms with Crippen molar-refractivity contribution in [3.05, 3.63) is 11.6 Å². The van der Waals surface area contributed by atoms with E-state index in [4.69, 9.17) is 4.74 Å². The van der Waals surface area contributed by atoms with Gasteiger partial charge in [-0.1, -0.05) is 6.42 Å². The molecule has 0 bridgehead atoms. The summed E-state index contributed by atoms with van der Waals surface area (Å²) in [5, 5.41) is 14.3. The summed E-state index contributed by atoms with van der Waals surface area (Å²) in [5.74, 6) is 0.676. The Bertz CT molecular complexity index is 607. The van der Waals surface area contributed by atoms with E-state index >= 15 is 0 Å². The molecule has 0 amide bonds. The SMILES string of the molecule is COCCNC(=NCc1nnc(C)n1C)NC1CCCC(C(F)(F)F)C1.I. The summed E-state index contributed by atoms with van der Waals surface area (Å²) in [6, 6.07) is -0.259. The van der Waals surface area contributed by atoms with Gasteiger partial charge in [0.05, 0.1) is 12.5 Å². The lowest BCUT2D eigenvalue weighted by molar-refractivity contribution is -0.183. The summed E-state index contributed by atoms with van der Waals surface area (Å²) in [7, 11) is 3.43. The van der Waals surface area contributed by atoms with Gasteiger partial charge < -0.3 is 19.9 Å². The smallest absolute Gasteiger partial charge is 0.383 e. The number of hydrogen-bond donors (Lipinski definition) is 2. The zero-order chi connectivity index (χ0) is 19.2. The molecule has 1 heterocycles. The second-order valence-corrected chi connectivity index (χ2v) is 6.55. The normalized spacial score (nSPS) is 20.9. The van der Waals surface area contributed by atoms with Crippen molar-refractivity contribution in [2.45, 2.75) is 51.4 Å². The molecule has 2 unspecified atom stereocenters. The van der Waals surface area contributed by atoms with Gasteiger partial charge in [-0.05, 0) is 26.2 Å². The van der Waals surface area contributed by atoms with Crippen LogP contribution in [0.1, 0.15) is 37.3 Å². The number of ether oxygens (including phenoxy) is 1. The minimum Gasteiger partial charge on any atom is -0.383 e. The van der Waals surface area contributed by atoms with Crippen molar-refractivity contribution in [1.29, 1.82) is 0 Å². The molecule has 0 spiro atoms.